The molecule has 2 rings (SSSR count). The van der Waals surface area contributed by atoms with Crippen LogP contribution in [0.2, 0.25) is 5.02 Å². The van der Waals surface area contributed by atoms with Gasteiger partial charge in [0.2, 0.25) is 0 Å². The molecule has 0 saturated heterocycles. The molecule has 0 spiro atoms. The lowest BCUT2D eigenvalue weighted by molar-refractivity contribution is 0.387. The first kappa shape index (κ1) is 16.4. The zero-order valence-electron chi connectivity index (χ0n) is 11.7. The van der Waals surface area contributed by atoms with Crippen LogP contribution in [-0.2, 0) is 0 Å². The Kier molecular flexibility index (Phi) is 5.69. The van der Waals surface area contributed by atoms with Crippen molar-refractivity contribution in [1.82, 2.24) is 5.43 Å². The topological polar surface area (TPSA) is 56.5 Å². The molecule has 1 unspecified atom stereocenters. The number of halogens is 2. The Morgan fingerprint density at radius 2 is 1.90 bits per heavy atom. The Hall–Kier alpha value is -1.02. The molecule has 0 aliphatic heterocycles. The van der Waals surface area contributed by atoms with Crippen molar-refractivity contribution in [3.63, 3.8) is 0 Å². The maximum atomic E-state index is 6.20. The molecule has 0 aromatic heterocycles. The third-order valence-corrected chi connectivity index (χ3v) is 4.77. The molecule has 21 heavy (non-hydrogen) atoms. The minimum Gasteiger partial charge on any atom is -0.497 e. The average molecular weight is 419 g/mol. The van der Waals surface area contributed by atoms with Crippen molar-refractivity contribution < 1.29 is 9.47 Å². The standard InChI is InChI=1S/C15H16ClIN2O2/c1-20-10-4-5-11(14(8-10)21-2)15(19-18)9-3-6-13(17)12(16)7-9/h3-8,15,19H,18H2,1-2H3. The monoisotopic (exact) mass is 418 g/mol. The number of ether oxygens (including phenoxy) is 2. The summed E-state index contributed by atoms with van der Waals surface area (Å²) in [5.74, 6) is 7.17. The smallest absolute Gasteiger partial charge is 0.127 e. The zero-order valence-corrected chi connectivity index (χ0v) is 14.6. The molecule has 0 bridgehead atoms. The Balaban J connectivity index is 2.47. The van der Waals surface area contributed by atoms with Crippen molar-refractivity contribution in [2.75, 3.05) is 14.2 Å². The van der Waals surface area contributed by atoms with E-state index in [9.17, 15) is 0 Å². The lowest BCUT2D eigenvalue weighted by atomic mass is 9.98. The van der Waals surface area contributed by atoms with Crippen LogP contribution in [0.4, 0.5) is 0 Å². The zero-order chi connectivity index (χ0) is 15.4. The van der Waals surface area contributed by atoms with Crippen LogP contribution in [0.25, 0.3) is 0 Å². The Morgan fingerprint density at radius 3 is 2.48 bits per heavy atom. The van der Waals surface area contributed by atoms with Gasteiger partial charge in [-0.2, -0.15) is 0 Å². The lowest BCUT2D eigenvalue weighted by Gasteiger charge is -2.20. The van der Waals surface area contributed by atoms with Crippen LogP contribution in [0, 0.1) is 3.57 Å². The molecule has 2 aromatic carbocycles. The van der Waals surface area contributed by atoms with Gasteiger partial charge in [0.25, 0.3) is 0 Å². The molecule has 2 aromatic rings. The lowest BCUT2D eigenvalue weighted by Crippen LogP contribution is -2.29. The van der Waals surface area contributed by atoms with E-state index in [1.54, 1.807) is 14.2 Å². The van der Waals surface area contributed by atoms with Crippen molar-refractivity contribution in [3.05, 3.63) is 56.1 Å². The summed E-state index contributed by atoms with van der Waals surface area (Å²) in [6.45, 7) is 0. The number of hydrazine groups is 1. The van der Waals surface area contributed by atoms with Crippen molar-refractivity contribution in [1.29, 1.82) is 0 Å². The number of nitrogens with one attached hydrogen (secondary N) is 1. The molecular formula is C15H16ClIN2O2. The van der Waals surface area contributed by atoms with Crippen LogP contribution in [0.5, 0.6) is 11.5 Å². The quantitative estimate of drug-likeness (QED) is 0.443. The van der Waals surface area contributed by atoms with E-state index in [-0.39, 0.29) is 6.04 Å². The molecule has 1 atom stereocenters. The Bertz CT molecular complexity index is 637. The summed E-state index contributed by atoms with van der Waals surface area (Å²) in [5, 5.41) is 0.695. The largest absolute Gasteiger partial charge is 0.497 e. The highest BCUT2D eigenvalue weighted by Gasteiger charge is 2.18. The fourth-order valence-corrected chi connectivity index (χ4v) is 2.64. The van der Waals surface area contributed by atoms with E-state index in [4.69, 9.17) is 26.9 Å². The first-order valence-corrected chi connectivity index (χ1v) is 7.69. The minimum atomic E-state index is -0.222. The molecule has 0 amide bonds. The highest BCUT2D eigenvalue weighted by atomic mass is 127. The summed E-state index contributed by atoms with van der Waals surface area (Å²) in [4.78, 5) is 0. The van der Waals surface area contributed by atoms with Crippen molar-refractivity contribution in [2.45, 2.75) is 6.04 Å². The van der Waals surface area contributed by atoms with Crippen molar-refractivity contribution in [2.24, 2.45) is 5.84 Å². The summed E-state index contributed by atoms with van der Waals surface area (Å²) in [5.41, 5.74) is 4.69. The second kappa shape index (κ2) is 7.31. The number of hydrogen-bond donors (Lipinski definition) is 2. The van der Waals surface area contributed by atoms with E-state index in [1.807, 2.05) is 36.4 Å². The number of hydrogen-bond acceptors (Lipinski definition) is 4. The molecule has 0 saturated carbocycles. The van der Waals surface area contributed by atoms with Gasteiger partial charge in [-0.05, 0) is 52.4 Å². The van der Waals surface area contributed by atoms with Gasteiger partial charge in [0, 0.05) is 15.2 Å². The van der Waals surface area contributed by atoms with E-state index < -0.39 is 0 Å². The van der Waals surface area contributed by atoms with E-state index in [2.05, 4.69) is 28.0 Å². The van der Waals surface area contributed by atoms with Crippen LogP contribution < -0.4 is 20.7 Å². The van der Waals surface area contributed by atoms with Gasteiger partial charge in [-0.15, -0.1) is 0 Å². The summed E-state index contributed by atoms with van der Waals surface area (Å²) in [7, 11) is 3.23. The second-order valence-corrected chi connectivity index (χ2v) is 5.95. The predicted molar refractivity (Wildman–Crippen MR) is 92.9 cm³/mol. The van der Waals surface area contributed by atoms with Crippen LogP contribution >= 0.6 is 34.2 Å². The molecule has 4 nitrogen and oxygen atoms in total. The SMILES string of the molecule is COc1ccc(C(NN)c2ccc(I)c(Cl)c2)c(OC)c1. The van der Waals surface area contributed by atoms with Crippen molar-refractivity contribution >= 4 is 34.2 Å². The summed E-state index contributed by atoms with van der Waals surface area (Å²) in [6.07, 6.45) is 0. The van der Waals surface area contributed by atoms with Gasteiger partial charge in [-0.25, -0.2) is 5.43 Å². The van der Waals surface area contributed by atoms with E-state index in [0.29, 0.717) is 10.8 Å². The summed E-state index contributed by atoms with van der Waals surface area (Å²) < 4.78 is 11.6. The second-order valence-electron chi connectivity index (χ2n) is 4.38. The fourth-order valence-electron chi connectivity index (χ4n) is 2.11. The molecule has 0 radical (unpaired) electrons. The number of rotatable bonds is 5. The summed E-state index contributed by atoms with van der Waals surface area (Å²) >= 11 is 8.39. The molecule has 0 fully saturated rings. The third-order valence-electron chi connectivity index (χ3n) is 3.20. The van der Waals surface area contributed by atoms with Crippen molar-refractivity contribution in [3.8, 4) is 11.5 Å². The van der Waals surface area contributed by atoms with Crippen LogP contribution in [0.1, 0.15) is 17.2 Å². The van der Waals surface area contributed by atoms with E-state index >= 15 is 0 Å². The fraction of sp³-hybridized carbons (Fsp3) is 0.200. The van der Waals surface area contributed by atoms with Gasteiger partial charge in [0.05, 0.1) is 25.3 Å². The van der Waals surface area contributed by atoms with Crippen LogP contribution in [-0.4, -0.2) is 14.2 Å². The highest BCUT2D eigenvalue weighted by Crippen LogP contribution is 2.34. The minimum absolute atomic E-state index is 0.222. The number of methoxy groups -OCH3 is 2. The van der Waals surface area contributed by atoms with E-state index in [0.717, 1.165) is 20.4 Å². The van der Waals surface area contributed by atoms with Gasteiger partial charge in [0.1, 0.15) is 11.5 Å². The summed E-state index contributed by atoms with van der Waals surface area (Å²) in [6, 6.07) is 11.2. The molecule has 6 heteroatoms. The van der Waals surface area contributed by atoms with Gasteiger partial charge in [-0.1, -0.05) is 17.7 Å². The maximum absolute atomic E-state index is 6.20. The first-order chi connectivity index (χ1) is 10.1. The van der Waals surface area contributed by atoms with E-state index in [1.165, 1.54) is 0 Å². The van der Waals surface area contributed by atoms with Gasteiger partial charge >= 0.3 is 0 Å². The van der Waals surface area contributed by atoms with Gasteiger partial charge in [0.15, 0.2) is 0 Å². The molecular weight excluding hydrogens is 403 g/mol. The van der Waals surface area contributed by atoms with Crippen LogP contribution in [0.15, 0.2) is 36.4 Å². The molecule has 112 valence electrons. The predicted octanol–water partition coefficient (Wildman–Crippen LogP) is 3.51. The average Bonchev–Trinajstić information content (AvgIpc) is 2.51. The molecule has 0 heterocycles. The Labute approximate surface area is 142 Å². The normalized spacial score (nSPS) is 12.0. The van der Waals surface area contributed by atoms with Gasteiger partial charge < -0.3 is 9.47 Å². The number of benzene rings is 2. The van der Waals surface area contributed by atoms with Gasteiger partial charge in [-0.3, -0.25) is 5.84 Å². The first-order valence-electron chi connectivity index (χ1n) is 6.23. The number of nitrogens with two attached hydrogens (primary N) is 1. The molecule has 0 aliphatic rings. The molecule has 3 N–H and O–H groups in total. The Morgan fingerprint density at radius 1 is 1.14 bits per heavy atom. The third kappa shape index (κ3) is 3.60. The van der Waals surface area contributed by atoms with Crippen LogP contribution in [0.3, 0.4) is 0 Å². The molecule has 0 aliphatic carbocycles. The maximum Gasteiger partial charge on any atom is 0.127 e. The highest BCUT2D eigenvalue weighted by molar-refractivity contribution is 14.1.